The van der Waals surface area contributed by atoms with Crippen molar-refractivity contribution in [3.8, 4) is 11.1 Å². The molecule has 0 spiro atoms. The van der Waals surface area contributed by atoms with E-state index in [9.17, 15) is 9.18 Å². The zero-order valence-corrected chi connectivity index (χ0v) is 22.3. The number of H-pyrrole nitrogens is 2. The number of carbonyl (C=O) groups excluding carboxylic acids is 1. The van der Waals surface area contributed by atoms with Gasteiger partial charge in [0, 0.05) is 60.9 Å². The first kappa shape index (κ1) is 25.0. The number of pyridine rings is 1. The molecule has 8 nitrogen and oxygen atoms in total. The lowest BCUT2D eigenvalue weighted by Crippen LogP contribution is -2.46. The number of carbonyl (C=O) groups is 1. The SMILES string of the molecule is O=C(Nc1cc(-c2cccc3[nH]ccc23)cc2[nH]ncc12)c1cccc(CN2CCN(c3ccc(F)cc3)CC2)n1. The Hall–Kier alpha value is -5.02. The van der Waals surface area contributed by atoms with Crippen molar-refractivity contribution in [2.45, 2.75) is 6.54 Å². The van der Waals surface area contributed by atoms with Gasteiger partial charge in [-0.1, -0.05) is 18.2 Å². The number of halogens is 1. The lowest BCUT2D eigenvalue weighted by Gasteiger charge is -2.36. The predicted octanol–water partition coefficient (Wildman–Crippen LogP) is 5.82. The summed E-state index contributed by atoms with van der Waals surface area (Å²) < 4.78 is 13.3. The van der Waals surface area contributed by atoms with Crippen LogP contribution in [-0.2, 0) is 6.54 Å². The van der Waals surface area contributed by atoms with Gasteiger partial charge >= 0.3 is 0 Å². The fraction of sp³-hybridized carbons (Fsp3) is 0.156. The molecule has 7 rings (SSSR count). The maximum absolute atomic E-state index is 13.4. The van der Waals surface area contributed by atoms with E-state index in [0.717, 1.165) is 70.5 Å². The highest BCUT2D eigenvalue weighted by molar-refractivity contribution is 6.09. The van der Waals surface area contributed by atoms with Gasteiger partial charge in [0.15, 0.2) is 0 Å². The van der Waals surface area contributed by atoms with Gasteiger partial charge in [-0.2, -0.15) is 5.10 Å². The topological polar surface area (TPSA) is 92.9 Å². The number of fused-ring (bicyclic) bond motifs is 2. The third-order valence-electron chi connectivity index (χ3n) is 7.70. The molecule has 0 bridgehead atoms. The van der Waals surface area contributed by atoms with Gasteiger partial charge < -0.3 is 15.2 Å². The molecule has 3 N–H and O–H groups in total. The number of piperazine rings is 1. The molecule has 0 unspecified atom stereocenters. The number of anilines is 2. The number of hydrogen-bond acceptors (Lipinski definition) is 5. The maximum Gasteiger partial charge on any atom is 0.274 e. The minimum atomic E-state index is -0.271. The van der Waals surface area contributed by atoms with Crippen LogP contribution in [0.4, 0.5) is 15.8 Å². The highest BCUT2D eigenvalue weighted by Crippen LogP contribution is 2.34. The lowest BCUT2D eigenvalue weighted by atomic mass is 9.99. The molecule has 0 aliphatic carbocycles. The quantitative estimate of drug-likeness (QED) is 0.245. The zero-order valence-electron chi connectivity index (χ0n) is 22.3. The van der Waals surface area contributed by atoms with Crippen LogP contribution in [0, 0.1) is 5.82 Å². The number of amides is 1. The first-order valence-corrected chi connectivity index (χ1v) is 13.6. The molecule has 0 atom stereocenters. The van der Waals surface area contributed by atoms with Gasteiger partial charge in [0.25, 0.3) is 5.91 Å². The summed E-state index contributed by atoms with van der Waals surface area (Å²) in [5.74, 6) is -0.494. The largest absolute Gasteiger partial charge is 0.369 e. The molecule has 1 fully saturated rings. The average molecular weight is 546 g/mol. The van der Waals surface area contributed by atoms with E-state index in [-0.39, 0.29) is 11.7 Å². The molecular weight excluding hydrogens is 517 g/mol. The van der Waals surface area contributed by atoms with Crippen molar-refractivity contribution in [3.05, 3.63) is 108 Å². The summed E-state index contributed by atoms with van der Waals surface area (Å²) >= 11 is 0. The van der Waals surface area contributed by atoms with Crippen LogP contribution >= 0.6 is 0 Å². The van der Waals surface area contributed by atoms with Crippen LogP contribution in [-0.4, -0.2) is 57.2 Å². The fourth-order valence-electron chi connectivity index (χ4n) is 5.57. The number of aromatic amines is 2. The number of benzene rings is 3. The predicted molar refractivity (Wildman–Crippen MR) is 159 cm³/mol. The minimum absolute atomic E-state index is 0.224. The summed E-state index contributed by atoms with van der Waals surface area (Å²) in [6, 6.07) is 24.4. The van der Waals surface area contributed by atoms with Crippen molar-refractivity contribution < 1.29 is 9.18 Å². The Morgan fingerprint density at radius 1 is 0.902 bits per heavy atom. The third-order valence-corrected chi connectivity index (χ3v) is 7.70. The number of aromatic nitrogens is 4. The molecule has 1 amide bonds. The van der Waals surface area contributed by atoms with Crippen molar-refractivity contribution in [3.63, 3.8) is 0 Å². The van der Waals surface area contributed by atoms with Gasteiger partial charge in [0.05, 0.1) is 23.1 Å². The Kier molecular flexibility index (Phi) is 6.41. The molecule has 9 heteroatoms. The van der Waals surface area contributed by atoms with Crippen molar-refractivity contribution in [2.24, 2.45) is 0 Å². The summed E-state index contributed by atoms with van der Waals surface area (Å²) in [7, 11) is 0. The Labute approximate surface area is 235 Å². The number of rotatable bonds is 6. The highest BCUT2D eigenvalue weighted by atomic mass is 19.1. The van der Waals surface area contributed by atoms with Crippen molar-refractivity contribution in [2.75, 3.05) is 36.4 Å². The van der Waals surface area contributed by atoms with E-state index >= 15 is 0 Å². The van der Waals surface area contributed by atoms with E-state index in [2.05, 4.69) is 48.5 Å². The van der Waals surface area contributed by atoms with Gasteiger partial charge in [0.1, 0.15) is 11.5 Å². The second kappa shape index (κ2) is 10.5. The van der Waals surface area contributed by atoms with E-state index in [0.29, 0.717) is 17.9 Å². The van der Waals surface area contributed by atoms with Crippen LogP contribution < -0.4 is 10.2 Å². The van der Waals surface area contributed by atoms with Crippen LogP contribution in [0.3, 0.4) is 0 Å². The first-order valence-electron chi connectivity index (χ1n) is 13.6. The zero-order chi connectivity index (χ0) is 27.8. The second-order valence-corrected chi connectivity index (χ2v) is 10.3. The highest BCUT2D eigenvalue weighted by Gasteiger charge is 2.19. The number of nitrogens with zero attached hydrogens (tertiary/aromatic N) is 4. The molecule has 4 heterocycles. The van der Waals surface area contributed by atoms with Gasteiger partial charge in [0.2, 0.25) is 0 Å². The van der Waals surface area contributed by atoms with Crippen LogP contribution in [0.15, 0.2) is 91.3 Å². The fourth-order valence-corrected chi connectivity index (χ4v) is 5.57. The molecule has 0 radical (unpaired) electrons. The van der Waals surface area contributed by atoms with Gasteiger partial charge in [-0.15, -0.1) is 0 Å². The van der Waals surface area contributed by atoms with E-state index in [4.69, 9.17) is 4.98 Å². The van der Waals surface area contributed by atoms with E-state index in [1.807, 2.05) is 48.7 Å². The van der Waals surface area contributed by atoms with E-state index < -0.39 is 0 Å². The summed E-state index contributed by atoms with van der Waals surface area (Å²) in [5, 5.41) is 12.3. The van der Waals surface area contributed by atoms with Crippen LogP contribution in [0.25, 0.3) is 32.9 Å². The van der Waals surface area contributed by atoms with Crippen molar-refractivity contribution >= 4 is 39.1 Å². The summed E-state index contributed by atoms with van der Waals surface area (Å²) in [6.07, 6.45) is 3.65. The van der Waals surface area contributed by atoms with Gasteiger partial charge in [-0.3, -0.25) is 14.8 Å². The van der Waals surface area contributed by atoms with Crippen LogP contribution in [0.5, 0.6) is 0 Å². The van der Waals surface area contributed by atoms with Crippen LogP contribution in [0.2, 0.25) is 0 Å². The number of nitrogens with one attached hydrogen (secondary N) is 3. The molecule has 3 aromatic carbocycles. The lowest BCUT2D eigenvalue weighted by molar-refractivity contribution is 0.102. The summed E-state index contributed by atoms with van der Waals surface area (Å²) in [4.78, 5) is 25.9. The second-order valence-electron chi connectivity index (χ2n) is 10.3. The molecule has 1 saturated heterocycles. The first-order chi connectivity index (χ1) is 20.1. The Morgan fingerprint density at radius 2 is 1.73 bits per heavy atom. The monoisotopic (exact) mass is 545 g/mol. The standard InChI is InChI=1S/C32H28FN7O/c33-22-7-9-24(10-8-22)40-15-13-39(14-16-40)20-23-3-1-6-29(36-23)32(41)37-30-17-21(18-31-27(30)19-35-38-31)25-4-2-5-28-26(25)11-12-34-28/h1-12,17-19,34H,13-16,20H2,(H,35,38)(H,37,41). The smallest absolute Gasteiger partial charge is 0.274 e. The van der Waals surface area contributed by atoms with Gasteiger partial charge in [-0.05, 0) is 71.8 Å². The Balaban J connectivity index is 1.07. The third kappa shape index (κ3) is 5.03. The molecule has 1 aliphatic heterocycles. The normalized spacial score (nSPS) is 14.1. The Bertz CT molecular complexity index is 1850. The summed E-state index contributed by atoms with van der Waals surface area (Å²) in [5.41, 5.74) is 6.84. The Morgan fingerprint density at radius 3 is 2.59 bits per heavy atom. The molecule has 3 aromatic heterocycles. The van der Waals surface area contributed by atoms with Gasteiger partial charge in [-0.25, -0.2) is 9.37 Å². The molecule has 6 aromatic rings. The molecule has 1 aliphatic rings. The van der Waals surface area contributed by atoms with E-state index in [1.54, 1.807) is 12.3 Å². The summed E-state index contributed by atoms with van der Waals surface area (Å²) in [6.45, 7) is 4.06. The van der Waals surface area contributed by atoms with Crippen molar-refractivity contribution in [1.82, 2.24) is 25.1 Å². The molecular formula is C32H28FN7O. The molecule has 204 valence electrons. The maximum atomic E-state index is 13.4. The number of hydrogen-bond donors (Lipinski definition) is 3. The van der Waals surface area contributed by atoms with Crippen molar-refractivity contribution in [1.29, 1.82) is 0 Å². The minimum Gasteiger partial charge on any atom is -0.369 e. The van der Waals surface area contributed by atoms with Crippen LogP contribution in [0.1, 0.15) is 16.2 Å². The van der Waals surface area contributed by atoms with E-state index in [1.165, 1.54) is 12.1 Å². The molecule has 0 saturated carbocycles. The molecule has 41 heavy (non-hydrogen) atoms. The average Bonchev–Trinajstić information content (AvgIpc) is 3.68.